The third kappa shape index (κ3) is 5.69. The molecular formula is C21H29N7O2. The molecule has 0 aliphatic heterocycles. The van der Waals surface area contributed by atoms with E-state index in [-0.39, 0.29) is 17.5 Å². The van der Waals surface area contributed by atoms with Crippen LogP contribution in [0.3, 0.4) is 0 Å². The van der Waals surface area contributed by atoms with Gasteiger partial charge in [-0.3, -0.25) is 9.59 Å². The molecule has 30 heavy (non-hydrogen) atoms. The van der Waals surface area contributed by atoms with Crippen molar-refractivity contribution in [3.05, 3.63) is 42.7 Å². The molecule has 1 aromatic carbocycles. The number of primary amides is 1. The second kappa shape index (κ2) is 10.8. The number of carbonyl (C=O) groups excluding carboxylic acids is 2. The van der Waals surface area contributed by atoms with Crippen LogP contribution in [0, 0.1) is 0 Å². The first-order chi connectivity index (χ1) is 14.4. The van der Waals surface area contributed by atoms with Gasteiger partial charge in [-0.2, -0.15) is 0 Å². The van der Waals surface area contributed by atoms with Gasteiger partial charge in [0.15, 0.2) is 0 Å². The Hall–Kier alpha value is -3.62. The molecule has 2 rings (SSSR count). The zero-order chi connectivity index (χ0) is 22.1. The van der Waals surface area contributed by atoms with Gasteiger partial charge < -0.3 is 26.6 Å². The van der Waals surface area contributed by atoms with Gasteiger partial charge in [-0.05, 0) is 44.5 Å². The number of rotatable bonds is 11. The minimum atomic E-state index is -0.650. The molecule has 0 saturated heterocycles. The maximum atomic E-state index is 12.0. The van der Waals surface area contributed by atoms with Crippen molar-refractivity contribution in [1.82, 2.24) is 9.97 Å². The van der Waals surface area contributed by atoms with Crippen LogP contribution in [0.2, 0.25) is 0 Å². The number of hydrogen-bond donors (Lipinski definition) is 4. The van der Waals surface area contributed by atoms with E-state index < -0.39 is 5.91 Å². The fourth-order valence-electron chi connectivity index (χ4n) is 2.88. The van der Waals surface area contributed by atoms with Crippen LogP contribution >= 0.6 is 0 Å². The third-order valence-electron chi connectivity index (χ3n) is 4.40. The first-order valence-electron chi connectivity index (χ1n) is 9.93. The quantitative estimate of drug-likeness (QED) is 0.419. The van der Waals surface area contributed by atoms with E-state index in [1.807, 2.05) is 12.1 Å². The van der Waals surface area contributed by atoms with Crippen molar-refractivity contribution in [2.75, 3.05) is 40.5 Å². The zero-order valence-corrected chi connectivity index (χ0v) is 17.7. The first kappa shape index (κ1) is 22.7. The number of carbonyl (C=O) groups is 2. The SMILES string of the molecule is C=CC(=O)Nc1cc(N(CC)CC)c(NCCC)cc1Nc1nccc(C(N)=O)n1. The van der Waals surface area contributed by atoms with E-state index in [4.69, 9.17) is 5.73 Å². The molecule has 2 aromatic rings. The molecule has 0 saturated carbocycles. The van der Waals surface area contributed by atoms with Crippen LogP contribution in [0.4, 0.5) is 28.7 Å². The molecule has 0 radical (unpaired) electrons. The lowest BCUT2D eigenvalue weighted by Crippen LogP contribution is -2.24. The van der Waals surface area contributed by atoms with E-state index in [0.29, 0.717) is 11.4 Å². The molecule has 1 heterocycles. The van der Waals surface area contributed by atoms with Crippen LogP contribution in [0.15, 0.2) is 37.1 Å². The normalized spacial score (nSPS) is 10.2. The van der Waals surface area contributed by atoms with Crippen molar-refractivity contribution in [3.8, 4) is 0 Å². The smallest absolute Gasteiger partial charge is 0.267 e. The third-order valence-corrected chi connectivity index (χ3v) is 4.40. The minimum absolute atomic E-state index is 0.0910. The summed E-state index contributed by atoms with van der Waals surface area (Å²) < 4.78 is 0. The highest BCUT2D eigenvalue weighted by Gasteiger charge is 2.16. The lowest BCUT2D eigenvalue weighted by atomic mass is 10.1. The lowest BCUT2D eigenvalue weighted by molar-refractivity contribution is -0.111. The fraction of sp³-hybridized carbons (Fsp3) is 0.333. The van der Waals surface area contributed by atoms with Gasteiger partial charge in [0.25, 0.3) is 5.91 Å². The van der Waals surface area contributed by atoms with E-state index in [0.717, 1.165) is 37.4 Å². The highest BCUT2D eigenvalue weighted by molar-refractivity contribution is 6.03. The zero-order valence-electron chi connectivity index (χ0n) is 17.7. The Balaban J connectivity index is 2.56. The molecule has 0 fully saturated rings. The fourth-order valence-corrected chi connectivity index (χ4v) is 2.88. The van der Waals surface area contributed by atoms with Crippen LogP contribution in [-0.2, 0) is 4.79 Å². The Morgan fingerprint density at radius 2 is 1.90 bits per heavy atom. The summed E-state index contributed by atoms with van der Waals surface area (Å²) in [7, 11) is 0. The number of anilines is 5. The Kier molecular flexibility index (Phi) is 8.16. The minimum Gasteiger partial charge on any atom is -0.383 e. The molecule has 0 unspecified atom stereocenters. The maximum Gasteiger partial charge on any atom is 0.267 e. The van der Waals surface area contributed by atoms with Gasteiger partial charge in [0.2, 0.25) is 11.9 Å². The van der Waals surface area contributed by atoms with Crippen LogP contribution in [0.5, 0.6) is 0 Å². The molecule has 0 spiro atoms. The second-order valence-electron chi connectivity index (χ2n) is 6.46. The Morgan fingerprint density at radius 3 is 2.50 bits per heavy atom. The predicted octanol–water partition coefficient (Wildman–Crippen LogP) is 3.11. The summed E-state index contributed by atoms with van der Waals surface area (Å²) in [4.78, 5) is 33.9. The molecule has 0 bridgehead atoms. The van der Waals surface area contributed by atoms with Crippen molar-refractivity contribution < 1.29 is 9.59 Å². The second-order valence-corrected chi connectivity index (χ2v) is 6.46. The molecule has 5 N–H and O–H groups in total. The van der Waals surface area contributed by atoms with Gasteiger partial charge in [0.05, 0.1) is 22.7 Å². The van der Waals surface area contributed by atoms with Gasteiger partial charge in [0.1, 0.15) is 5.69 Å². The van der Waals surface area contributed by atoms with Crippen molar-refractivity contribution in [2.24, 2.45) is 5.73 Å². The molecule has 9 heteroatoms. The van der Waals surface area contributed by atoms with Crippen LogP contribution in [0.25, 0.3) is 0 Å². The highest BCUT2D eigenvalue weighted by Crippen LogP contribution is 2.37. The maximum absolute atomic E-state index is 12.0. The van der Waals surface area contributed by atoms with Gasteiger partial charge in [-0.15, -0.1) is 0 Å². The number of nitrogens with one attached hydrogen (secondary N) is 3. The van der Waals surface area contributed by atoms with E-state index in [1.54, 1.807) is 0 Å². The lowest BCUT2D eigenvalue weighted by Gasteiger charge is -2.27. The summed E-state index contributed by atoms with van der Waals surface area (Å²) in [6.07, 6.45) is 3.60. The molecule has 9 nitrogen and oxygen atoms in total. The first-order valence-corrected chi connectivity index (χ1v) is 9.93. The Morgan fingerprint density at radius 1 is 1.17 bits per heavy atom. The molecule has 160 valence electrons. The van der Waals surface area contributed by atoms with Crippen molar-refractivity contribution in [3.63, 3.8) is 0 Å². The number of nitrogens with zero attached hydrogens (tertiary/aromatic N) is 3. The summed E-state index contributed by atoms with van der Waals surface area (Å²) in [6.45, 7) is 12.2. The van der Waals surface area contributed by atoms with Crippen LogP contribution in [0.1, 0.15) is 37.7 Å². The molecular weight excluding hydrogens is 382 g/mol. The Labute approximate surface area is 176 Å². The van der Waals surface area contributed by atoms with Gasteiger partial charge >= 0.3 is 0 Å². The summed E-state index contributed by atoms with van der Waals surface area (Å²) in [5.74, 6) is -0.801. The summed E-state index contributed by atoms with van der Waals surface area (Å²) in [5, 5.41) is 9.34. The summed E-state index contributed by atoms with van der Waals surface area (Å²) >= 11 is 0. The average Bonchev–Trinajstić information content (AvgIpc) is 2.75. The van der Waals surface area contributed by atoms with E-state index >= 15 is 0 Å². The predicted molar refractivity (Wildman–Crippen MR) is 121 cm³/mol. The molecule has 0 atom stereocenters. The topological polar surface area (TPSA) is 125 Å². The number of amides is 2. The number of nitrogens with two attached hydrogens (primary N) is 1. The van der Waals surface area contributed by atoms with Gasteiger partial charge in [-0.1, -0.05) is 13.5 Å². The van der Waals surface area contributed by atoms with E-state index in [9.17, 15) is 9.59 Å². The van der Waals surface area contributed by atoms with E-state index in [1.165, 1.54) is 18.3 Å². The van der Waals surface area contributed by atoms with Crippen molar-refractivity contribution in [2.45, 2.75) is 27.2 Å². The van der Waals surface area contributed by atoms with Crippen molar-refractivity contribution in [1.29, 1.82) is 0 Å². The monoisotopic (exact) mass is 411 g/mol. The number of aromatic nitrogens is 2. The molecule has 0 aliphatic carbocycles. The van der Waals surface area contributed by atoms with Gasteiger partial charge in [0, 0.05) is 25.8 Å². The van der Waals surface area contributed by atoms with Gasteiger partial charge in [-0.25, -0.2) is 9.97 Å². The van der Waals surface area contributed by atoms with E-state index in [2.05, 4.69) is 58.2 Å². The largest absolute Gasteiger partial charge is 0.383 e. The highest BCUT2D eigenvalue weighted by atomic mass is 16.1. The number of hydrogen-bond acceptors (Lipinski definition) is 7. The van der Waals surface area contributed by atoms with Crippen molar-refractivity contribution >= 4 is 40.5 Å². The molecule has 1 aromatic heterocycles. The number of benzene rings is 1. The standard InChI is InChI=1S/C21H29N7O2/c1-5-10-23-17-12-15(27-21-24-11-9-14(26-21)20(22)30)16(25-19(29)6-2)13-18(17)28(7-3)8-4/h6,9,11-13,23H,2,5,7-8,10H2,1,3-4H3,(H2,22,30)(H,25,29)(H,24,26,27). The van der Waals surface area contributed by atoms with Crippen LogP contribution in [-0.4, -0.2) is 41.4 Å². The van der Waals surface area contributed by atoms with Crippen LogP contribution < -0.4 is 26.6 Å². The molecule has 0 aliphatic rings. The molecule has 2 amide bonds. The Bertz CT molecular complexity index is 910. The average molecular weight is 412 g/mol. The summed E-state index contributed by atoms with van der Waals surface area (Å²) in [6, 6.07) is 5.22. The summed E-state index contributed by atoms with van der Waals surface area (Å²) in [5.41, 5.74) is 8.38.